The predicted octanol–water partition coefficient (Wildman–Crippen LogP) is 8.65. The van der Waals surface area contributed by atoms with E-state index in [2.05, 4.69) is 10.6 Å². The second-order valence-electron chi connectivity index (χ2n) is 15.1. The minimum Gasteiger partial charge on any atom is -0.497 e. The molecule has 6 atom stereocenters. The average Bonchev–Trinajstić information content (AvgIpc) is 3.95. The molecule has 2 aliphatic heterocycles. The first-order chi connectivity index (χ1) is 30.2. The quantitative estimate of drug-likeness (QED) is 0.124. The van der Waals surface area contributed by atoms with Gasteiger partial charge in [-0.1, -0.05) is 127 Å². The molecule has 13 heteroatoms. The van der Waals surface area contributed by atoms with Crippen LogP contribution in [0.1, 0.15) is 70.1 Å². The van der Waals surface area contributed by atoms with Gasteiger partial charge in [-0.2, -0.15) is 8.61 Å². The Labute approximate surface area is 362 Å². The Morgan fingerprint density at radius 1 is 0.419 bits per heavy atom. The smallest absolute Gasteiger partial charge is 0.245 e. The summed E-state index contributed by atoms with van der Waals surface area (Å²) in [6.45, 7) is 0. The molecule has 2 saturated heterocycles. The van der Waals surface area contributed by atoms with E-state index in [9.17, 15) is 0 Å². The molecular weight excluding hydrogens is 819 g/mol. The lowest BCUT2D eigenvalue weighted by Crippen LogP contribution is -2.37. The Morgan fingerprint density at radius 2 is 0.742 bits per heavy atom. The Balaban J connectivity index is 1.22. The molecule has 0 saturated carbocycles. The summed E-state index contributed by atoms with van der Waals surface area (Å²) in [5, 5.41) is 7.36. The van der Waals surface area contributed by atoms with Crippen LogP contribution in [-0.2, 0) is 20.0 Å². The van der Waals surface area contributed by atoms with E-state index in [0.29, 0.717) is 22.9 Å². The number of sulfonamides is 2. The van der Waals surface area contributed by atoms with Crippen molar-refractivity contribution in [1.29, 1.82) is 0 Å². The van der Waals surface area contributed by atoms with Crippen LogP contribution in [0.5, 0.6) is 11.5 Å². The molecule has 6 aromatic carbocycles. The van der Waals surface area contributed by atoms with Crippen LogP contribution in [0.2, 0.25) is 0 Å². The van der Waals surface area contributed by atoms with Crippen molar-refractivity contribution in [2.75, 3.05) is 14.2 Å². The number of aromatic nitrogens is 1. The zero-order chi connectivity index (χ0) is 42.8. The van der Waals surface area contributed by atoms with E-state index in [1.807, 2.05) is 121 Å². The largest absolute Gasteiger partial charge is 0.497 e. The normalized spacial score (nSPS) is 22.0. The molecule has 0 bridgehead atoms. The molecule has 0 amide bonds. The van der Waals surface area contributed by atoms with E-state index in [-0.39, 0.29) is 9.79 Å². The van der Waals surface area contributed by atoms with Crippen molar-refractivity contribution in [2.24, 2.45) is 0 Å². The summed E-state index contributed by atoms with van der Waals surface area (Å²) in [6, 6.07) is 54.3. The second kappa shape index (κ2) is 17.3. The molecule has 1 aromatic heterocycles. The van der Waals surface area contributed by atoms with Crippen LogP contribution in [0.25, 0.3) is 0 Å². The Hall–Kier alpha value is -6.19. The number of ether oxygens (including phenoxy) is 2. The molecule has 2 unspecified atom stereocenters. The predicted molar refractivity (Wildman–Crippen MR) is 237 cm³/mol. The molecule has 0 aliphatic carbocycles. The van der Waals surface area contributed by atoms with Crippen molar-refractivity contribution >= 4 is 20.0 Å². The van der Waals surface area contributed by atoms with E-state index < -0.39 is 56.5 Å². The second-order valence-corrected chi connectivity index (χ2v) is 18.8. The van der Waals surface area contributed by atoms with E-state index >= 15 is 16.8 Å². The highest BCUT2D eigenvalue weighted by atomic mass is 32.2. The van der Waals surface area contributed by atoms with Crippen molar-refractivity contribution in [2.45, 2.75) is 46.3 Å². The van der Waals surface area contributed by atoms with Gasteiger partial charge >= 0.3 is 0 Å². The molecule has 2 N–H and O–H groups in total. The third-order valence-corrected chi connectivity index (χ3v) is 15.3. The zero-order valence-electron chi connectivity index (χ0n) is 34.0. The van der Waals surface area contributed by atoms with Crippen LogP contribution in [0.3, 0.4) is 0 Å². The molecule has 7 aromatic rings. The SMILES string of the molecule is COc1ccc(S(=O)(=O)N2C(c3cccc(C4N[C@H](c5ccccc5)[C@@H](c5ccccc5)N4S(=O)(=O)c4ccc(OC)cc4)n3)N[C@H](c3ccccc3)[C@H]2c2ccccc2)cc1. The van der Waals surface area contributed by atoms with Crippen LogP contribution < -0.4 is 20.1 Å². The fraction of sp³-hybridized carbons (Fsp3) is 0.163. The Bertz CT molecular complexity index is 2650. The number of nitrogens with one attached hydrogen (secondary N) is 2. The fourth-order valence-electron chi connectivity index (χ4n) is 8.66. The van der Waals surface area contributed by atoms with E-state index in [0.717, 1.165) is 22.3 Å². The van der Waals surface area contributed by atoms with Gasteiger partial charge in [0.15, 0.2) is 0 Å². The van der Waals surface area contributed by atoms with Gasteiger partial charge in [0.2, 0.25) is 20.0 Å². The fourth-order valence-corrected chi connectivity index (χ4v) is 12.1. The first kappa shape index (κ1) is 41.2. The zero-order valence-corrected chi connectivity index (χ0v) is 35.6. The first-order valence-electron chi connectivity index (χ1n) is 20.2. The van der Waals surface area contributed by atoms with Gasteiger partial charge in [0.05, 0.1) is 59.6 Å². The third-order valence-electron chi connectivity index (χ3n) is 11.6. The lowest BCUT2D eigenvalue weighted by atomic mass is 9.95. The maximum Gasteiger partial charge on any atom is 0.245 e. The maximum atomic E-state index is 15.2. The topological polar surface area (TPSA) is 130 Å². The number of rotatable bonds is 12. The number of nitrogens with zero attached hydrogens (tertiary/aromatic N) is 3. The molecule has 3 heterocycles. The minimum atomic E-state index is -4.25. The van der Waals surface area contributed by atoms with Crippen LogP contribution in [-0.4, -0.2) is 44.6 Å². The van der Waals surface area contributed by atoms with E-state index in [1.54, 1.807) is 66.7 Å². The summed E-state index contributed by atoms with van der Waals surface area (Å²) >= 11 is 0. The van der Waals surface area contributed by atoms with Gasteiger partial charge < -0.3 is 9.47 Å². The Morgan fingerprint density at radius 3 is 1.06 bits per heavy atom. The molecule has 0 spiro atoms. The monoisotopic (exact) mass is 863 g/mol. The van der Waals surface area contributed by atoms with Gasteiger partial charge in [-0.15, -0.1) is 0 Å². The molecule has 0 radical (unpaired) electrons. The van der Waals surface area contributed by atoms with Gasteiger partial charge in [-0.05, 0) is 82.9 Å². The highest BCUT2D eigenvalue weighted by Gasteiger charge is 2.52. The van der Waals surface area contributed by atoms with Crippen molar-refractivity contribution < 1.29 is 26.3 Å². The number of hydrogen-bond donors (Lipinski definition) is 2. The lowest BCUT2D eigenvalue weighted by Gasteiger charge is -2.31. The number of hydrogen-bond acceptors (Lipinski definition) is 9. The van der Waals surface area contributed by atoms with E-state index in [4.69, 9.17) is 14.5 Å². The maximum absolute atomic E-state index is 15.2. The van der Waals surface area contributed by atoms with E-state index in [1.165, 1.54) is 22.8 Å². The highest BCUT2D eigenvalue weighted by molar-refractivity contribution is 7.89. The first-order valence-corrected chi connectivity index (χ1v) is 23.1. The van der Waals surface area contributed by atoms with Crippen molar-refractivity contribution in [3.63, 3.8) is 0 Å². The summed E-state index contributed by atoms with van der Waals surface area (Å²) in [7, 11) is -5.44. The summed E-state index contributed by atoms with van der Waals surface area (Å²) in [4.78, 5) is 5.41. The number of pyridine rings is 1. The molecule has 314 valence electrons. The molecular formula is C49H45N5O6S2. The minimum absolute atomic E-state index is 0.0847. The summed E-state index contributed by atoms with van der Waals surface area (Å²) in [5.41, 5.74) is 4.13. The summed E-state index contributed by atoms with van der Waals surface area (Å²) in [6.07, 6.45) is -1.97. The average molecular weight is 864 g/mol. The molecule has 62 heavy (non-hydrogen) atoms. The van der Waals surface area contributed by atoms with Gasteiger partial charge in [0.1, 0.15) is 23.8 Å². The molecule has 11 nitrogen and oxygen atoms in total. The summed E-state index contributed by atoms with van der Waals surface area (Å²) in [5.74, 6) is 1.05. The van der Waals surface area contributed by atoms with Crippen molar-refractivity contribution in [3.05, 3.63) is 222 Å². The third kappa shape index (κ3) is 7.68. The molecule has 2 aliphatic rings. The highest BCUT2D eigenvalue weighted by Crippen LogP contribution is 2.51. The number of methoxy groups -OCH3 is 2. The standard InChI is InChI=1S/C49H45N5O6S2/c1-59-38-26-30-40(31-27-38)61(55,56)53-46(36-20-11-5-12-21-36)44(34-16-7-3-8-17-34)51-48(53)42-24-15-25-43(50-42)49-52-45(35-18-9-4-10-19-35)47(37-22-13-6-14-23-37)54(49)62(57,58)41-32-28-39(60-2)29-33-41/h3-33,44-49,51-52H,1-2H3/t44-,45-,46-,47-,48?,49?/m1/s1. The van der Waals surface area contributed by atoms with Gasteiger partial charge in [-0.25, -0.2) is 16.8 Å². The van der Waals surface area contributed by atoms with Gasteiger partial charge in [-0.3, -0.25) is 15.6 Å². The van der Waals surface area contributed by atoms with Crippen LogP contribution in [0.15, 0.2) is 198 Å². The Kier molecular flexibility index (Phi) is 11.5. The molecule has 2 fully saturated rings. The molecule has 9 rings (SSSR count). The van der Waals surface area contributed by atoms with Crippen molar-refractivity contribution in [1.82, 2.24) is 24.2 Å². The van der Waals surface area contributed by atoms with Crippen molar-refractivity contribution in [3.8, 4) is 11.5 Å². The lowest BCUT2D eigenvalue weighted by molar-refractivity contribution is 0.304. The summed E-state index contributed by atoms with van der Waals surface area (Å²) < 4.78 is 74.6. The van der Waals surface area contributed by atoms with Crippen LogP contribution in [0.4, 0.5) is 0 Å². The van der Waals surface area contributed by atoms with Gasteiger partial charge in [0.25, 0.3) is 0 Å². The van der Waals surface area contributed by atoms with Crippen LogP contribution in [0, 0.1) is 0 Å². The van der Waals surface area contributed by atoms with Gasteiger partial charge in [0, 0.05) is 0 Å². The van der Waals surface area contributed by atoms with Crippen LogP contribution >= 0.6 is 0 Å². The number of benzene rings is 6.